The first-order chi connectivity index (χ1) is 13.6. The lowest BCUT2D eigenvalue weighted by molar-refractivity contribution is 0.129. The SMILES string of the molecule is Cc1cc(N2CC[C@@H](c3ccc4c(c3)OCO4)[C@H](O)C2)nc2cc(F)ccc12. The Labute approximate surface area is 162 Å². The van der Waals surface area contributed by atoms with Crippen LogP contribution in [0.4, 0.5) is 10.2 Å². The second-order valence-electron chi connectivity index (χ2n) is 7.48. The summed E-state index contributed by atoms with van der Waals surface area (Å²) < 4.78 is 24.5. The molecule has 2 aliphatic heterocycles. The summed E-state index contributed by atoms with van der Waals surface area (Å²) in [7, 11) is 0. The van der Waals surface area contributed by atoms with Gasteiger partial charge in [0.15, 0.2) is 11.5 Å². The largest absolute Gasteiger partial charge is 0.454 e. The Morgan fingerprint density at radius 3 is 2.82 bits per heavy atom. The minimum atomic E-state index is -0.528. The van der Waals surface area contributed by atoms with Crippen LogP contribution in [-0.2, 0) is 0 Å². The van der Waals surface area contributed by atoms with Gasteiger partial charge in [-0.25, -0.2) is 9.37 Å². The highest BCUT2D eigenvalue weighted by Gasteiger charge is 2.31. The van der Waals surface area contributed by atoms with Gasteiger partial charge in [-0.1, -0.05) is 6.07 Å². The van der Waals surface area contributed by atoms with Gasteiger partial charge in [-0.05, 0) is 54.8 Å². The lowest BCUT2D eigenvalue weighted by Gasteiger charge is -2.37. The van der Waals surface area contributed by atoms with Crippen molar-refractivity contribution < 1.29 is 19.0 Å². The van der Waals surface area contributed by atoms with E-state index < -0.39 is 6.10 Å². The molecule has 5 nitrogen and oxygen atoms in total. The molecule has 0 saturated carbocycles. The van der Waals surface area contributed by atoms with Crippen LogP contribution in [0.15, 0.2) is 42.5 Å². The van der Waals surface area contributed by atoms with Crippen molar-refractivity contribution in [3.8, 4) is 11.5 Å². The summed E-state index contributed by atoms with van der Waals surface area (Å²) in [5.41, 5.74) is 2.75. The molecule has 1 aromatic heterocycles. The molecule has 0 amide bonds. The molecule has 2 atom stereocenters. The average molecular weight is 380 g/mol. The molecule has 28 heavy (non-hydrogen) atoms. The lowest BCUT2D eigenvalue weighted by Crippen LogP contribution is -2.43. The van der Waals surface area contributed by atoms with Crippen molar-refractivity contribution in [2.75, 3.05) is 24.8 Å². The van der Waals surface area contributed by atoms with Crippen LogP contribution in [-0.4, -0.2) is 36.1 Å². The summed E-state index contributed by atoms with van der Waals surface area (Å²) in [4.78, 5) is 6.71. The Kier molecular flexibility index (Phi) is 4.09. The highest BCUT2D eigenvalue weighted by molar-refractivity contribution is 5.84. The molecule has 1 N–H and O–H groups in total. The van der Waals surface area contributed by atoms with E-state index in [4.69, 9.17) is 9.47 Å². The lowest BCUT2D eigenvalue weighted by atomic mass is 9.87. The number of aliphatic hydroxyl groups is 1. The molecule has 3 aromatic rings. The fraction of sp³-hybridized carbons (Fsp3) is 0.318. The fourth-order valence-corrected chi connectivity index (χ4v) is 4.19. The van der Waals surface area contributed by atoms with E-state index in [1.54, 1.807) is 6.07 Å². The van der Waals surface area contributed by atoms with Crippen LogP contribution in [0.3, 0.4) is 0 Å². The molecule has 3 heterocycles. The highest BCUT2D eigenvalue weighted by atomic mass is 19.1. The Hall–Kier alpha value is -2.86. The molecular formula is C22H21FN2O3. The molecular weight excluding hydrogens is 359 g/mol. The molecule has 0 radical (unpaired) electrons. The van der Waals surface area contributed by atoms with Gasteiger partial charge < -0.3 is 19.5 Å². The molecule has 0 bridgehead atoms. The monoisotopic (exact) mass is 380 g/mol. The Morgan fingerprint density at radius 2 is 1.96 bits per heavy atom. The minimum Gasteiger partial charge on any atom is -0.454 e. The number of nitrogens with zero attached hydrogens (tertiary/aromatic N) is 2. The maximum absolute atomic E-state index is 13.6. The van der Waals surface area contributed by atoms with Gasteiger partial charge in [0.25, 0.3) is 0 Å². The summed E-state index contributed by atoms with van der Waals surface area (Å²) in [6.45, 7) is 3.49. The Balaban J connectivity index is 1.39. The quantitative estimate of drug-likeness (QED) is 0.734. The number of hydrogen-bond acceptors (Lipinski definition) is 5. The van der Waals surface area contributed by atoms with Crippen LogP contribution in [0.1, 0.15) is 23.5 Å². The summed E-state index contributed by atoms with van der Waals surface area (Å²) in [6.07, 6.45) is 0.266. The summed E-state index contributed by atoms with van der Waals surface area (Å²) in [6, 6.07) is 12.6. The third-order valence-corrected chi connectivity index (χ3v) is 5.70. The van der Waals surface area contributed by atoms with E-state index in [1.165, 1.54) is 12.1 Å². The maximum atomic E-state index is 13.6. The van der Waals surface area contributed by atoms with Crippen molar-refractivity contribution in [3.05, 3.63) is 59.4 Å². The summed E-state index contributed by atoms with van der Waals surface area (Å²) in [5, 5.41) is 11.8. The van der Waals surface area contributed by atoms with Crippen LogP contribution in [0.5, 0.6) is 11.5 Å². The summed E-state index contributed by atoms with van der Waals surface area (Å²) in [5.74, 6) is 2.00. The zero-order valence-electron chi connectivity index (χ0n) is 15.6. The van der Waals surface area contributed by atoms with E-state index in [0.717, 1.165) is 46.8 Å². The molecule has 5 rings (SSSR count). The number of anilines is 1. The first-order valence-corrected chi connectivity index (χ1v) is 9.48. The number of fused-ring (bicyclic) bond motifs is 2. The zero-order valence-corrected chi connectivity index (χ0v) is 15.6. The van der Waals surface area contributed by atoms with E-state index >= 15 is 0 Å². The summed E-state index contributed by atoms with van der Waals surface area (Å²) >= 11 is 0. The normalized spacial score (nSPS) is 21.3. The van der Waals surface area contributed by atoms with Crippen molar-refractivity contribution >= 4 is 16.7 Å². The number of aliphatic hydroxyl groups excluding tert-OH is 1. The van der Waals surface area contributed by atoms with Gasteiger partial charge in [0, 0.05) is 30.5 Å². The number of aromatic nitrogens is 1. The van der Waals surface area contributed by atoms with Crippen molar-refractivity contribution in [2.45, 2.75) is 25.4 Å². The maximum Gasteiger partial charge on any atom is 0.231 e. The first kappa shape index (κ1) is 17.3. The number of rotatable bonds is 2. The van der Waals surface area contributed by atoms with Gasteiger partial charge in [0.05, 0.1) is 11.6 Å². The number of β-amino-alcohol motifs (C(OH)–C–C–N with tert-alkyl or cyclic N) is 1. The first-order valence-electron chi connectivity index (χ1n) is 9.48. The highest BCUT2D eigenvalue weighted by Crippen LogP contribution is 2.38. The fourth-order valence-electron chi connectivity index (χ4n) is 4.19. The van der Waals surface area contributed by atoms with Gasteiger partial charge in [-0.3, -0.25) is 0 Å². The number of piperidine rings is 1. The number of aryl methyl sites for hydroxylation is 1. The van der Waals surface area contributed by atoms with Crippen molar-refractivity contribution in [2.24, 2.45) is 0 Å². The van der Waals surface area contributed by atoms with Gasteiger partial charge in [-0.15, -0.1) is 0 Å². The number of ether oxygens (including phenoxy) is 2. The van der Waals surface area contributed by atoms with E-state index in [9.17, 15) is 9.50 Å². The van der Waals surface area contributed by atoms with Gasteiger partial charge in [-0.2, -0.15) is 0 Å². The van der Waals surface area contributed by atoms with E-state index in [2.05, 4.69) is 9.88 Å². The average Bonchev–Trinajstić information content (AvgIpc) is 3.15. The van der Waals surface area contributed by atoms with Crippen molar-refractivity contribution in [1.29, 1.82) is 0 Å². The number of benzene rings is 2. The standard InChI is InChI=1S/C22H21FN2O3/c1-13-8-22(24-18-10-15(23)3-4-16(13)18)25-7-6-17(19(26)11-25)14-2-5-20-21(9-14)28-12-27-20/h2-5,8-10,17,19,26H,6-7,11-12H2,1H3/t17-,19+/m0/s1. The van der Waals surface area contributed by atoms with Crippen LogP contribution in [0, 0.1) is 12.7 Å². The number of hydrogen-bond donors (Lipinski definition) is 1. The van der Waals surface area contributed by atoms with Crippen LogP contribution in [0.25, 0.3) is 10.9 Å². The smallest absolute Gasteiger partial charge is 0.231 e. The second kappa shape index (κ2) is 6.63. The number of halogens is 1. The van der Waals surface area contributed by atoms with Gasteiger partial charge >= 0.3 is 0 Å². The van der Waals surface area contributed by atoms with Gasteiger partial charge in [0.2, 0.25) is 6.79 Å². The third kappa shape index (κ3) is 2.94. The van der Waals surface area contributed by atoms with E-state index in [0.29, 0.717) is 12.1 Å². The van der Waals surface area contributed by atoms with Crippen LogP contribution in [0.2, 0.25) is 0 Å². The van der Waals surface area contributed by atoms with Crippen LogP contribution >= 0.6 is 0 Å². The van der Waals surface area contributed by atoms with E-state index in [-0.39, 0.29) is 18.5 Å². The van der Waals surface area contributed by atoms with E-state index in [1.807, 2.05) is 31.2 Å². The topological polar surface area (TPSA) is 54.8 Å². The predicted molar refractivity (Wildman–Crippen MR) is 105 cm³/mol. The number of pyridine rings is 1. The minimum absolute atomic E-state index is 0.0322. The molecule has 2 aliphatic rings. The second-order valence-corrected chi connectivity index (χ2v) is 7.48. The molecule has 1 saturated heterocycles. The molecule has 0 aliphatic carbocycles. The molecule has 1 fully saturated rings. The zero-order chi connectivity index (χ0) is 19.3. The van der Waals surface area contributed by atoms with Crippen molar-refractivity contribution in [3.63, 3.8) is 0 Å². The van der Waals surface area contributed by atoms with Gasteiger partial charge in [0.1, 0.15) is 11.6 Å². The molecule has 2 aromatic carbocycles. The Bertz CT molecular complexity index is 1060. The van der Waals surface area contributed by atoms with Crippen LogP contribution < -0.4 is 14.4 Å². The predicted octanol–water partition coefficient (Wildman–Crippen LogP) is 3.77. The molecule has 0 unspecified atom stereocenters. The molecule has 0 spiro atoms. The Morgan fingerprint density at radius 1 is 1.11 bits per heavy atom. The molecule has 6 heteroatoms. The van der Waals surface area contributed by atoms with Crippen molar-refractivity contribution in [1.82, 2.24) is 4.98 Å². The molecule has 144 valence electrons. The third-order valence-electron chi connectivity index (χ3n) is 5.70.